The molecule has 4 aromatic carbocycles. The van der Waals surface area contributed by atoms with E-state index in [-0.39, 0.29) is 42.1 Å². The molecule has 2 aliphatic heterocycles. The molecule has 0 radical (unpaired) electrons. The number of nitrogens with zero attached hydrogens (tertiary/aromatic N) is 8. The fourth-order valence-corrected chi connectivity index (χ4v) is 5.49. The number of benzene rings is 4. The predicted octanol–water partition coefficient (Wildman–Crippen LogP) is 8.34. The monoisotopic (exact) mass is 1040 g/mol. The molecule has 52 heavy (non-hydrogen) atoms. The second kappa shape index (κ2) is 18.4. The Morgan fingerprint density at radius 3 is 1.27 bits per heavy atom. The van der Waals surface area contributed by atoms with Crippen LogP contribution in [0.15, 0.2) is 159 Å². The van der Waals surface area contributed by atoms with Gasteiger partial charge in [-0.15, -0.1) is 11.4 Å². The summed E-state index contributed by atoms with van der Waals surface area (Å²) in [6.07, 6.45) is 11.6. The summed E-state index contributed by atoms with van der Waals surface area (Å²) in [6, 6.07) is 46.3. The summed E-state index contributed by atoms with van der Waals surface area (Å²) in [4.78, 5) is 25.3. The Hall–Kier alpha value is -5.16. The molecule has 2 aliphatic rings. The van der Waals surface area contributed by atoms with Gasteiger partial charge in [-0.3, -0.25) is 0 Å². The van der Waals surface area contributed by atoms with Crippen LogP contribution in [0.3, 0.4) is 0 Å². The molecule has 0 saturated carbocycles. The molecular formula is C42H34N8Pt2-6. The Labute approximate surface area is 333 Å². The first-order chi connectivity index (χ1) is 24.6. The smallest absolute Gasteiger partial charge is 0 e. The normalized spacial score (nSPS) is 12.8. The maximum absolute atomic E-state index is 4.40. The standard InChI is InChI=1S/2C11H7N2.2C10H10N2.2Pt/c2*1-2-6-10-8(4-1)9-5-3-7-12-11(9)13-10;2*1-11-7-8-12(9-11)10-5-3-2-4-6-10;;/h2*1-7H;2*2-5,7-9H,1H3;;/q2*-1;2*-2;;. The first-order valence-electron chi connectivity index (χ1n) is 16.2. The molecule has 0 aliphatic carbocycles. The molecule has 0 bridgehead atoms. The number of anilines is 2. The van der Waals surface area contributed by atoms with Gasteiger partial charge in [-0.05, 0) is 71.5 Å². The Morgan fingerprint density at radius 2 is 0.885 bits per heavy atom. The average Bonchev–Trinajstić information content (AvgIpc) is 3.98. The molecule has 0 unspecified atom stereocenters. The summed E-state index contributed by atoms with van der Waals surface area (Å²) in [5.74, 6) is 0. The van der Waals surface area contributed by atoms with Crippen molar-refractivity contribution in [2.24, 2.45) is 0 Å². The van der Waals surface area contributed by atoms with Crippen LogP contribution in [0.5, 0.6) is 0 Å². The van der Waals surface area contributed by atoms with E-state index in [1.165, 1.54) is 10.8 Å². The maximum Gasteiger partial charge on any atom is 0 e. The van der Waals surface area contributed by atoms with E-state index >= 15 is 0 Å². The Kier molecular flexibility index (Phi) is 13.4. The second-order valence-electron chi connectivity index (χ2n) is 11.5. The van der Waals surface area contributed by atoms with E-state index in [0.717, 1.165) is 44.5 Å². The second-order valence-corrected chi connectivity index (χ2v) is 11.5. The number of aromatic nitrogens is 4. The van der Waals surface area contributed by atoms with Crippen molar-refractivity contribution in [2.75, 3.05) is 23.9 Å². The quantitative estimate of drug-likeness (QED) is 0.160. The molecule has 0 amide bonds. The van der Waals surface area contributed by atoms with Crippen LogP contribution in [0.2, 0.25) is 0 Å². The molecule has 10 heteroatoms. The van der Waals surface area contributed by atoms with Gasteiger partial charge in [0.1, 0.15) is 0 Å². The minimum absolute atomic E-state index is 0. The zero-order chi connectivity index (χ0) is 34.1. The molecule has 0 saturated heterocycles. The van der Waals surface area contributed by atoms with E-state index in [2.05, 4.69) is 56.3 Å². The van der Waals surface area contributed by atoms with Gasteiger partial charge in [0.25, 0.3) is 0 Å². The number of para-hydroxylation sites is 4. The molecule has 0 atom stereocenters. The van der Waals surface area contributed by atoms with Crippen molar-refractivity contribution in [3.05, 3.63) is 184 Å². The van der Waals surface area contributed by atoms with Crippen LogP contribution in [0.4, 0.5) is 11.4 Å². The number of pyridine rings is 2. The number of hydrogen-bond donors (Lipinski definition) is 0. The zero-order valence-corrected chi connectivity index (χ0v) is 32.9. The summed E-state index contributed by atoms with van der Waals surface area (Å²) in [6.45, 7) is 4.01. The average molecular weight is 1040 g/mol. The van der Waals surface area contributed by atoms with Crippen LogP contribution >= 0.6 is 0 Å². The summed E-state index contributed by atoms with van der Waals surface area (Å²) < 4.78 is 0. The van der Waals surface area contributed by atoms with Gasteiger partial charge in [0.2, 0.25) is 0 Å². The van der Waals surface area contributed by atoms with Crippen molar-refractivity contribution >= 4 is 55.2 Å². The van der Waals surface area contributed by atoms with E-state index in [1.54, 1.807) is 12.4 Å². The first-order valence-corrected chi connectivity index (χ1v) is 16.2. The van der Waals surface area contributed by atoms with Crippen molar-refractivity contribution in [3.8, 4) is 0 Å². The third-order valence-electron chi connectivity index (χ3n) is 7.89. The van der Waals surface area contributed by atoms with E-state index in [4.69, 9.17) is 0 Å². The van der Waals surface area contributed by atoms with Gasteiger partial charge >= 0.3 is 0 Å². The fourth-order valence-electron chi connectivity index (χ4n) is 5.49. The van der Waals surface area contributed by atoms with Gasteiger partial charge in [0.15, 0.2) is 0 Å². The number of hydrogen-bond acceptors (Lipinski definition) is 6. The Balaban J connectivity index is 0.000000132. The fraction of sp³-hybridized carbons (Fsp3) is 0.0476. The zero-order valence-electron chi connectivity index (χ0n) is 28.4. The van der Waals surface area contributed by atoms with Crippen molar-refractivity contribution < 1.29 is 42.1 Å². The van der Waals surface area contributed by atoms with Crippen LogP contribution in [-0.4, -0.2) is 33.9 Å². The largest absolute Gasteiger partial charge is 0.510 e. The minimum Gasteiger partial charge on any atom is -0.510 e. The van der Waals surface area contributed by atoms with Crippen LogP contribution < -0.4 is 19.8 Å². The molecule has 8 nitrogen and oxygen atoms in total. The van der Waals surface area contributed by atoms with Gasteiger partial charge < -0.3 is 39.5 Å². The van der Waals surface area contributed by atoms with Gasteiger partial charge in [0, 0.05) is 42.1 Å². The van der Waals surface area contributed by atoms with Crippen LogP contribution in [0.1, 0.15) is 0 Å². The van der Waals surface area contributed by atoms with Crippen molar-refractivity contribution in [3.63, 3.8) is 0 Å². The van der Waals surface area contributed by atoms with Crippen LogP contribution in [0, 0.1) is 25.5 Å². The summed E-state index contributed by atoms with van der Waals surface area (Å²) in [5.41, 5.74) is 5.86. The first kappa shape index (κ1) is 38.1. The van der Waals surface area contributed by atoms with Crippen molar-refractivity contribution in [2.45, 2.75) is 0 Å². The molecule has 268 valence electrons. The van der Waals surface area contributed by atoms with E-state index in [1.807, 2.05) is 169 Å². The molecule has 4 aromatic heterocycles. The molecular weight excluding hydrogens is 1010 g/mol. The van der Waals surface area contributed by atoms with E-state index < -0.39 is 0 Å². The van der Waals surface area contributed by atoms with E-state index in [9.17, 15) is 0 Å². The van der Waals surface area contributed by atoms with E-state index in [0.29, 0.717) is 0 Å². The summed E-state index contributed by atoms with van der Waals surface area (Å²) >= 11 is 0. The molecule has 10 rings (SSSR count). The van der Waals surface area contributed by atoms with Gasteiger partial charge in [-0.2, -0.15) is 74.0 Å². The van der Waals surface area contributed by atoms with Crippen LogP contribution in [0.25, 0.3) is 43.9 Å². The predicted molar refractivity (Wildman–Crippen MR) is 203 cm³/mol. The number of rotatable bonds is 2. The number of fused-ring (bicyclic) bond motifs is 6. The summed E-state index contributed by atoms with van der Waals surface area (Å²) in [7, 11) is 4.00. The van der Waals surface area contributed by atoms with Crippen LogP contribution in [-0.2, 0) is 42.1 Å². The molecule has 0 N–H and O–H groups in total. The SMILES string of the molecule is CN1C=CN(c2[c-]cccc2)[CH-]1.CN1C=CN(c2[c-]cccc2)[CH-]1.[Pt].[Pt].c1ccc2c(c1)[n-]c1ncccc12.c1ccc2c(c1)[n-]c1ncccc12. The molecule has 8 aromatic rings. The van der Waals surface area contributed by atoms with Gasteiger partial charge in [0.05, 0.1) is 0 Å². The minimum atomic E-state index is 0. The van der Waals surface area contributed by atoms with Gasteiger partial charge in [-0.1, -0.05) is 96.5 Å². The molecule has 0 fully saturated rings. The third-order valence-corrected chi connectivity index (χ3v) is 7.89. The maximum atomic E-state index is 4.40. The van der Waals surface area contributed by atoms with Crippen molar-refractivity contribution in [1.29, 1.82) is 0 Å². The summed E-state index contributed by atoms with van der Waals surface area (Å²) in [5, 5.41) is 4.65. The Bertz CT molecular complexity index is 2090. The van der Waals surface area contributed by atoms with Crippen molar-refractivity contribution in [1.82, 2.24) is 29.7 Å². The van der Waals surface area contributed by atoms with Gasteiger partial charge in [-0.25, -0.2) is 0 Å². The molecule has 6 heterocycles. The third kappa shape index (κ3) is 9.19. The Morgan fingerprint density at radius 1 is 0.481 bits per heavy atom. The topological polar surface area (TPSA) is 66.9 Å². The molecule has 0 spiro atoms.